The number of fused-ring (bicyclic) bond motifs is 2. The van der Waals surface area contributed by atoms with Crippen molar-refractivity contribution in [3.63, 3.8) is 0 Å². The fourth-order valence-electron chi connectivity index (χ4n) is 7.98. The van der Waals surface area contributed by atoms with Crippen LogP contribution in [0, 0.1) is 0 Å². The molecule has 9 heteroatoms. The number of hydrogen-bond acceptors (Lipinski definition) is 6. The van der Waals surface area contributed by atoms with Crippen molar-refractivity contribution in [3.05, 3.63) is 186 Å². The summed E-state index contributed by atoms with van der Waals surface area (Å²) in [5, 5.41) is 1.69. The molecule has 1 heterocycles. The van der Waals surface area contributed by atoms with Gasteiger partial charge in [-0.2, -0.15) is 13.0 Å². The van der Waals surface area contributed by atoms with Gasteiger partial charge in [-0.15, -0.1) is 11.8 Å². The lowest BCUT2D eigenvalue weighted by Gasteiger charge is -2.28. The van der Waals surface area contributed by atoms with Crippen LogP contribution in [0.4, 0.5) is 17.1 Å². The van der Waals surface area contributed by atoms with Crippen LogP contribution in [-0.4, -0.2) is 24.7 Å². The highest BCUT2D eigenvalue weighted by Gasteiger charge is 2.26. The number of anilines is 2. The van der Waals surface area contributed by atoms with Crippen LogP contribution in [0.5, 0.6) is 0 Å². The molecule has 1 aliphatic carbocycles. The third kappa shape index (κ3) is 9.87. The lowest BCUT2D eigenvalue weighted by atomic mass is 9.93. The summed E-state index contributed by atoms with van der Waals surface area (Å²) >= 11 is 3.54. The first kappa shape index (κ1) is 43.1. The van der Waals surface area contributed by atoms with E-state index in [0.717, 1.165) is 71.9 Å². The van der Waals surface area contributed by atoms with E-state index in [0.29, 0.717) is 34.2 Å². The molecule has 314 valence electrons. The average molecular weight is 876 g/mol. The van der Waals surface area contributed by atoms with Gasteiger partial charge in [-0.25, -0.2) is 0 Å². The molecule has 1 aliphatic heterocycles. The normalized spacial score (nSPS) is 12.2. The van der Waals surface area contributed by atoms with Crippen molar-refractivity contribution in [2.45, 2.75) is 67.1 Å². The summed E-state index contributed by atoms with van der Waals surface area (Å²) in [5.74, 6) is 1.90. The van der Waals surface area contributed by atoms with Crippen LogP contribution in [0.25, 0.3) is 33.4 Å². The predicted molar refractivity (Wildman–Crippen MR) is 260 cm³/mol. The summed E-state index contributed by atoms with van der Waals surface area (Å²) in [6, 6.07) is 57.1. The molecule has 2 aliphatic rings. The Kier molecular flexibility index (Phi) is 14.0. The van der Waals surface area contributed by atoms with Crippen molar-refractivity contribution in [1.82, 2.24) is 4.58 Å². The fraction of sp³-hybridized carbons (Fsp3) is 0.189. The van der Waals surface area contributed by atoms with Crippen molar-refractivity contribution < 1.29 is 17.4 Å². The van der Waals surface area contributed by atoms with Crippen LogP contribution in [-0.2, 0) is 23.0 Å². The summed E-state index contributed by atoms with van der Waals surface area (Å²) < 4.78 is 46.0. The lowest BCUT2D eigenvalue weighted by molar-refractivity contribution is 0.483. The minimum absolute atomic E-state index is 0.154. The molecule has 0 unspecified atom stereocenters. The number of aryl methyl sites for hydroxylation is 2. The second-order valence-electron chi connectivity index (χ2n) is 15.3. The molecule has 6 aromatic carbocycles. The Morgan fingerprint density at radius 1 is 0.629 bits per heavy atom. The third-order valence-electron chi connectivity index (χ3n) is 11.1. The zero-order valence-corrected chi connectivity index (χ0v) is 37.6. The van der Waals surface area contributed by atoms with Crippen molar-refractivity contribution >= 4 is 61.7 Å². The number of para-hydroxylation sites is 2. The van der Waals surface area contributed by atoms with Gasteiger partial charge in [0.15, 0.2) is 5.88 Å². The van der Waals surface area contributed by atoms with Gasteiger partial charge in [0.05, 0.1) is 11.9 Å². The van der Waals surface area contributed by atoms with Crippen LogP contribution in [0.1, 0.15) is 50.7 Å². The Labute approximate surface area is 374 Å². The summed E-state index contributed by atoms with van der Waals surface area (Å²) in [4.78, 5) is 4.53. The van der Waals surface area contributed by atoms with E-state index in [1.807, 2.05) is 24.3 Å². The summed E-state index contributed by atoms with van der Waals surface area (Å²) in [5.41, 5.74) is 8.19. The molecule has 1 N–H and O–H groups in total. The minimum atomic E-state index is -4.58. The van der Waals surface area contributed by atoms with E-state index < -0.39 is 10.1 Å². The SMILES string of the molecule is CCCCc1ccccc1N(CSc1ccccc1)c1ccc2c(-c3ccccc3S(=O)(=O)O)c3ccc(=[N+](CSc4ccccc4)c4ccccc4CCCC)cc-3oc2c1. The van der Waals surface area contributed by atoms with Crippen LogP contribution in [0.2, 0.25) is 0 Å². The van der Waals surface area contributed by atoms with Crippen LogP contribution in [0.15, 0.2) is 189 Å². The first-order valence-electron chi connectivity index (χ1n) is 21.3. The first-order valence-corrected chi connectivity index (χ1v) is 24.7. The molecule has 0 saturated carbocycles. The van der Waals surface area contributed by atoms with Crippen LogP contribution in [0.3, 0.4) is 0 Å². The van der Waals surface area contributed by atoms with Crippen molar-refractivity contribution in [2.75, 3.05) is 16.7 Å². The van der Waals surface area contributed by atoms with Gasteiger partial charge in [0.2, 0.25) is 11.0 Å². The Bertz CT molecular complexity index is 2930. The van der Waals surface area contributed by atoms with Crippen LogP contribution >= 0.6 is 23.5 Å². The predicted octanol–water partition coefficient (Wildman–Crippen LogP) is 13.9. The zero-order valence-electron chi connectivity index (χ0n) is 35.1. The smallest absolute Gasteiger partial charge is 0.295 e. The van der Waals surface area contributed by atoms with Crippen molar-refractivity contribution in [1.29, 1.82) is 0 Å². The fourth-order valence-corrected chi connectivity index (χ4v) is 10.5. The highest BCUT2D eigenvalue weighted by atomic mass is 32.2. The van der Waals surface area contributed by atoms with Crippen LogP contribution < -0.4 is 14.8 Å². The second-order valence-corrected chi connectivity index (χ2v) is 18.7. The van der Waals surface area contributed by atoms with Gasteiger partial charge in [0, 0.05) is 67.0 Å². The number of hydrogen-bond donors (Lipinski definition) is 1. The van der Waals surface area contributed by atoms with Crippen molar-refractivity contribution in [3.8, 4) is 22.5 Å². The Morgan fingerprint density at radius 3 is 1.98 bits per heavy atom. The largest absolute Gasteiger partial charge is 0.456 e. The molecule has 0 radical (unpaired) electrons. The number of thioether (sulfide) groups is 2. The Balaban J connectivity index is 1.38. The molecule has 0 aromatic heterocycles. The van der Waals surface area contributed by atoms with Crippen molar-refractivity contribution in [2.24, 2.45) is 0 Å². The first-order chi connectivity index (χ1) is 30.3. The summed E-state index contributed by atoms with van der Waals surface area (Å²) in [6.07, 6.45) is 6.27. The van der Waals surface area contributed by atoms with E-state index in [1.165, 1.54) is 27.0 Å². The van der Waals surface area contributed by atoms with E-state index in [-0.39, 0.29) is 4.90 Å². The monoisotopic (exact) mass is 875 g/mol. The topological polar surface area (TPSA) is 73.8 Å². The van der Waals surface area contributed by atoms with E-state index >= 15 is 0 Å². The van der Waals surface area contributed by atoms with E-state index in [9.17, 15) is 13.0 Å². The molecule has 0 bridgehead atoms. The van der Waals surface area contributed by atoms with Gasteiger partial charge in [-0.3, -0.25) is 4.55 Å². The summed E-state index contributed by atoms with van der Waals surface area (Å²) in [7, 11) is -4.58. The van der Waals surface area contributed by atoms with Gasteiger partial charge in [0.1, 0.15) is 16.2 Å². The van der Waals surface area contributed by atoms with E-state index in [4.69, 9.17) is 4.42 Å². The molecular weight excluding hydrogens is 825 g/mol. The second kappa shape index (κ2) is 20.1. The van der Waals surface area contributed by atoms with Gasteiger partial charge in [-0.05, 0) is 85.8 Å². The molecule has 0 fully saturated rings. The van der Waals surface area contributed by atoms with E-state index in [2.05, 4.69) is 145 Å². The molecule has 6 aromatic rings. The van der Waals surface area contributed by atoms with E-state index in [1.54, 1.807) is 41.7 Å². The van der Waals surface area contributed by atoms with Gasteiger partial charge >= 0.3 is 0 Å². The minimum Gasteiger partial charge on any atom is -0.456 e. The summed E-state index contributed by atoms with van der Waals surface area (Å²) in [6.45, 7) is 4.44. The third-order valence-corrected chi connectivity index (χ3v) is 14.0. The zero-order chi connectivity index (χ0) is 42.9. The standard InChI is InChI=1S/C53H50N2O4S3/c1-3-5-19-39-21-13-16-28-48(39)54(37-60-43-23-9-7-10-24-43)41-31-33-45-50(35-41)59-51-36-42(32-34-46(51)53(45)47-27-15-18-30-52(47)62(56,57)58)55(38-61-44-25-11-8-12-26-44)49-29-17-14-22-40(49)20-6-4-2/h7-18,21-36H,3-6,19-20,37-38H2,1-2H3/p+1. The maximum absolute atomic E-state index is 13.0. The number of nitrogens with zero attached hydrogens (tertiary/aromatic N) is 2. The Hall–Kier alpha value is -5.58. The maximum atomic E-state index is 13.0. The molecule has 0 saturated heterocycles. The highest BCUT2D eigenvalue weighted by molar-refractivity contribution is 7.99. The molecule has 0 spiro atoms. The van der Waals surface area contributed by atoms with Gasteiger partial charge in [-0.1, -0.05) is 129 Å². The quantitative estimate of drug-likeness (QED) is 0.0321. The molecule has 0 atom stereocenters. The molecule has 0 amide bonds. The maximum Gasteiger partial charge on any atom is 0.295 e. The van der Waals surface area contributed by atoms with Gasteiger partial charge < -0.3 is 9.32 Å². The number of rotatable bonds is 17. The lowest BCUT2D eigenvalue weighted by Crippen LogP contribution is -2.26. The molecule has 8 rings (SSSR count). The highest BCUT2D eigenvalue weighted by Crippen LogP contribution is 2.44. The number of unbranched alkanes of at least 4 members (excludes halogenated alkanes) is 2. The van der Waals surface area contributed by atoms with Gasteiger partial charge in [0.25, 0.3) is 10.1 Å². The molecule has 62 heavy (non-hydrogen) atoms. The average Bonchev–Trinajstić information content (AvgIpc) is 3.30. The number of benzene rings is 7. The Morgan fingerprint density at radius 2 is 1.26 bits per heavy atom. The molecule has 6 nitrogen and oxygen atoms in total. The molecular formula is C53H51N2O4S3+.